The molecule has 4 rings (SSSR count). The molecule has 0 bridgehead atoms. The van der Waals surface area contributed by atoms with Crippen LogP contribution in [0, 0.1) is 17.2 Å². The van der Waals surface area contributed by atoms with Gasteiger partial charge in [0.1, 0.15) is 12.0 Å². The van der Waals surface area contributed by atoms with Gasteiger partial charge in [-0.2, -0.15) is 10.4 Å². The number of rotatable bonds is 20. The molecule has 3 aromatic rings. The summed E-state index contributed by atoms with van der Waals surface area (Å²) in [5, 5.41) is 14.9. The second-order valence-electron chi connectivity index (χ2n) is 12.1. The molecule has 228 valence electrons. The number of fused-ring (bicyclic) bond motifs is 1. The Morgan fingerprint density at radius 3 is 2.33 bits per heavy atom. The summed E-state index contributed by atoms with van der Waals surface area (Å²) in [6, 6.07) is 4.42. The Bertz CT molecular complexity index is 1250. The molecule has 8 nitrogen and oxygen atoms in total. The van der Waals surface area contributed by atoms with Crippen LogP contribution in [0.2, 0.25) is 0 Å². The number of ether oxygens (including phenoxy) is 1. The van der Waals surface area contributed by atoms with Crippen LogP contribution in [0.4, 0.5) is 0 Å². The standard InChI is InChI=1S/C34H50N6O2/c1-2-3-4-5-6-7-8-9-10-11-12-13-14-19-32(41)42-27-39-23-21-30-33(36-26-37-34(30)39)29-24-38-40(25-29)31(20-22-35)28-17-15-16-18-28/h21,23-26,28,31H,2-20,27H2,1H3/t31-/m1/s1. The average Bonchev–Trinajstić information content (AvgIpc) is 3.79. The van der Waals surface area contributed by atoms with E-state index in [1.807, 2.05) is 33.9 Å². The molecule has 0 aromatic carbocycles. The van der Waals surface area contributed by atoms with Crippen LogP contribution in [0.15, 0.2) is 31.0 Å². The minimum absolute atomic E-state index is 0.0995. The molecule has 0 radical (unpaired) electrons. The first-order valence-corrected chi connectivity index (χ1v) is 16.6. The highest BCUT2D eigenvalue weighted by atomic mass is 16.5. The Kier molecular flexibility index (Phi) is 13.4. The van der Waals surface area contributed by atoms with Crippen molar-refractivity contribution in [1.82, 2.24) is 24.3 Å². The average molecular weight is 575 g/mol. The number of carbonyl (C=O) groups excluding carboxylic acids is 1. The van der Waals surface area contributed by atoms with E-state index in [4.69, 9.17) is 4.74 Å². The van der Waals surface area contributed by atoms with Crippen molar-refractivity contribution in [3.05, 3.63) is 31.0 Å². The van der Waals surface area contributed by atoms with Gasteiger partial charge in [0, 0.05) is 29.8 Å². The van der Waals surface area contributed by atoms with Gasteiger partial charge in [-0.1, -0.05) is 96.8 Å². The minimum Gasteiger partial charge on any atom is -0.444 e. The molecular formula is C34H50N6O2. The van der Waals surface area contributed by atoms with Crippen LogP contribution in [0.1, 0.15) is 135 Å². The van der Waals surface area contributed by atoms with Gasteiger partial charge in [0.25, 0.3) is 0 Å². The molecule has 42 heavy (non-hydrogen) atoms. The predicted octanol–water partition coefficient (Wildman–Crippen LogP) is 8.92. The summed E-state index contributed by atoms with van der Waals surface area (Å²) in [7, 11) is 0. The third-order valence-electron chi connectivity index (χ3n) is 8.86. The Labute approximate surface area is 251 Å². The summed E-state index contributed by atoms with van der Waals surface area (Å²) >= 11 is 0. The molecular weight excluding hydrogens is 524 g/mol. The van der Waals surface area contributed by atoms with Crippen LogP contribution < -0.4 is 0 Å². The lowest BCUT2D eigenvalue weighted by molar-refractivity contribution is -0.147. The summed E-state index contributed by atoms with van der Waals surface area (Å²) in [5.74, 6) is 0.337. The molecule has 0 amide bonds. The van der Waals surface area contributed by atoms with Crippen molar-refractivity contribution in [3.8, 4) is 17.3 Å². The van der Waals surface area contributed by atoms with E-state index in [9.17, 15) is 10.1 Å². The summed E-state index contributed by atoms with van der Waals surface area (Å²) < 4.78 is 9.39. The van der Waals surface area contributed by atoms with Gasteiger partial charge >= 0.3 is 5.97 Å². The molecule has 1 atom stereocenters. The summed E-state index contributed by atoms with van der Waals surface area (Å²) in [6.07, 6.45) is 29.7. The second-order valence-corrected chi connectivity index (χ2v) is 12.1. The SMILES string of the molecule is CCCCCCCCCCCCCCCC(=O)OCn1ccc2c(-c3cnn([C@H](CC#N)C4CCCC4)c3)ncnc21. The first-order valence-electron chi connectivity index (χ1n) is 16.6. The maximum Gasteiger partial charge on any atom is 0.307 e. The van der Waals surface area contributed by atoms with E-state index < -0.39 is 0 Å². The monoisotopic (exact) mass is 574 g/mol. The molecule has 1 aliphatic rings. The topological polar surface area (TPSA) is 98.6 Å². The highest BCUT2D eigenvalue weighted by Gasteiger charge is 2.27. The summed E-state index contributed by atoms with van der Waals surface area (Å²) in [6.45, 7) is 2.41. The zero-order valence-corrected chi connectivity index (χ0v) is 25.7. The quantitative estimate of drug-likeness (QED) is 0.0986. The van der Waals surface area contributed by atoms with Gasteiger partial charge in [-0.25, -0.2) is 9.97 Å². The zero-order chi connectivity index (χ0) is 29.4. The largest absolute Gasteiger partial charge is 0.444 e. The molecule has 1 saturated carbocycles. The zero-order valence-electron chi connectivity index (χ0n) is 25.7. The van der Waals surface area contributed by atoms with Gasteiger partial charge in [0.2, 0.25) is 0 Å². The molecule has 0 unspecified atom stereocenters. The molecule has 8 heteroatoms. The number of hydrogen-bond donors (Lipinski definition) is 0. The Balaban J connectivity index is 1.17. The molecule has 1 fully saturated rings. The lowest BCUT2D eigenvalue weighted by Crippen LogP contribution is -2.17. The minimum atomic E-state index is -0.161. The number of nitrogens with zero attached hydrogens (tertiary/aromatic N) is 6. The molecule has 0 saturated heterocycles. The normalized spacial score (nSPS) is 14.4. The van der Waals surface area contributed by atoms with Crippen LogP contribution in [-0.2, 0) is 16.3 Å². The van der Waals surface area contributed by atoms with E-state index in [1.165, 1.54) is 83.5 Å². The number of aromatic nitrogens is 5. The maximum atomic E-state index is 12.4. The summed E-state index contributed by atoms with van der Waals surface area (Å²) in [4.78, 5) is 21.4. The van der Waals surface area contributed by atoms with Gasteiger partial charge in [0.15, 0.2) is 6.73 Å². The number of unbranched alkanes of at least 4 members (excludes halogenated alkanes) is 12. The number of carbonyl (C=O) groups is 1. The van der Waals surface area contributed by atoms with Gasteiger partial charge in [-0.05, 0) is 31.2 Å². The fourth-order valence-corrected chi connectivity index (χ4v) is 6.39. The molecule has 0 spiro atoms. The van der Waals surface area contributed by atoms with E-state index in [-0.39, 0.29) is 18.7 Å². The van der Waals surface area contributed by atoms with E-state index in [2.05, 4.69) is 28.1 Å². The van der Waals surface area contributed by atoms with Gasteiger partial charge in [-0.15, -0.1) is 0 Å². The van der Waals surface area contributed by atoms with Crippen molar-refractivity contribution in [1.29, 1.82) is 5.26 Å². The van der Waals surface area contributed by atoms with Gasteiger partial charge in [0.05, 0.1) is 30.4 Å². The molecule has 3 heterocycles. The van der Waals surface area contributed by atoms with E-state index in [0.29, 0.717) is 18.8 Å². The van der Waals surface area contributed by atoms with Crippen molar-refractivity contribution >= 4 is 17.0 Å². The van der Waals surface area contributed by atoms with Crippen LogP contribution >= 0.6 is 0 Å². The van der Waals surface area contributed by atoms with Crippen molar-refractivity contribution in [3.63, 3.8) is 0 Å². The van der Waals surface area contributed by atoms with Crippen LogP contribution in [0.25, 0.3) is 22.3 Å². The Hall–Kier alpha value is -3.21. The van der Waals surface area contributed by atoms with E-state index in [0.717, 1.165) is 48.0 Å². The van der Waals surface area contributed by atoms with Crippen molar-refractivity contribution in [2.75, 3.05) is 0 Å². The maximum absolute atomic E-state index is 12.4. The molecule has 0 aliphatic heterocycles. The van der Waals surface area contributed by atoms with Crippen molar-refractivity contribution < 1.29 is 9.53 Å². The van der Waals surface area contributed by atoms with Gasteiger partial charge in [-0.3, -0.25) is 14.0 Å². The van der Waals surface area contributed by atoms with E-state index >= 15 is 0 Å². The van der Waals surface area contributed by atoms with E-state index in [1.54, 1.807) is 6.33 Å². The Morgan fingerprint density at radius 2 is 1.67 bits per heavy atom. The first-order chi connectivity index (χ1) is 20.7. The smallest absolute Gasteiger partial charge is 0.307 e. The van der Waals surface area contributed by atoms with Crippen LogP contribution in [0.5, 0.6) is 0 Å². The lowest BCUT2D eigenvalue weighted by atomic mass is 9.96. The predicted molar refractivity (Wildman–Crippen MR) is 166 cm³/mol. The van der Waals surface area contributed by atoms with Crippen molar-refractivity contribution in [2.24, 2.45) is 5.92 Å². The van der Waals surface area contributed by atoms with Gasteiger partial charge < -0.3 is 4.74 Å². The number of esters is 1. The van der Waals surface area contributed by atoms with Crippen LogP contribution in [-0.4, -0.2) is 30.3 Å². The second kappa shape index (κ2) is 17.7. The fraction of sp³-hybridized carbons (Fsp3) is 0.676. The molecule has 0 N–H and O–H groups in total. The van der Waals surface area contributed by atoms with Crippen LogP contribution in [0.3, 0.4) is 0 Å². The molecule has 3 aromatic heterocycles. The molecule has 1 aliphatic carbocycles. The number of nitriles is 1. The number of hydrogen-bond acceptors (Lipinski definition) is 6. The lowest BCUT2D eigenvalue weighted by Gasteiger charge is -2.21. The summed E-state index contributed by atoms with van der Waals surface area (Å²) in [5.41, 5.74) is 2.43. The first kappa shape index (κ1) is 31.7. The fourth-order valence-electron chi connectivity index (χ4n) is 6.39. The highest BCUT2D eigenvalue weighted by molar-refractivity contribution is 5.90. The van der Waals surface area contributed by atoms with Crippen molar-refractivity contribution in [2.45, 2.75) is 142 Å². The highest BCUT2D eigenvalue weighted by Crippen LogP contribution is 2.36. The third kappa shape index (κ3) is 9.40. The Morgan fingerprint density at radius 1 is 1.00 bits per heavy atom. The third-order valence-corrected chi connectivity index (χ3v) is 8.86.